The summed E-state index contributed by atoms with van der Waals surface area (Å²) >= 11 is 0. The molecule has 28 heavy (non-hydrogen) atoms. The number of methoxy groups -OCH3 is 1. The van der Waals surface area contributed by atoms with Crippen molar-refractivity contribution in [2.45, 2.75) is 0 Å². The third kappa shape index (κ3) is 3.83. The Balaban J connectivity index is 1.52. The van der Waals surface area contributed by atoms with Crippen molar-refractivity contribution in [3.05, 3.63) is 55.0 Å². The molecule has 4 rings (SSSR count). The van der Waals surface area contributed by atoms with Crippen LogP contribution in [0.1, 0.15) is 0 Å². The maximum absolute atomic E-state index is 11.3. The largest absolute Gasteiger partial charge is 0.482 e. The Bertz CT molecular complexity index is 956. The third-order valence-corrected chi connectivity index (χ3v) is 4.92. The van der Waals surface area contributed by atoms with E-state index >= 15 is 0 Å². The van der Waals surface area contributed by atoms with Crippen LogP contribution in [-0.4, -0.2) is 55.8 Å². The molecule has 1 fully saturated rings. The lowest BCUT2D eigenvalue weighted by Gasteiger charge is -2.37. The summed E-state index contributed by atoms with van der Waals surface area (Å²) < 4.78 is 10.2. The lowest BCUT2D eigenvalue weighted by Crippen LogP contribution is -2.46. The van der Waals surface area contributed by atoms with Crippen LogP contribution < -0.4 is 14.5 Å². The van der Waals surface area contributed by atoms with Crippen LogP contribution in [0.25, 0.3) is 10.9 Å². The van der Waals surface area contributed by atoms with Crippen LogP contribution in [0.4, 0.5) is 11.4 Å². The smallest absolute Gasteiger partial charge is 0.343 e. The molecule has 0 radical (unpaired) electrons. The minimum atomic E-state index is -0.404. The minimum Gasteiger partial charge on any atom is -0.482 e. The van der Waals surface area contributed by atoms with E-state index in [1.807, 2.05) is 55.0 Å². The second-order valence-corrected chi connectivity index (χ2v) is 6.55. The number of aromatic nitrogens is 2. The number of anilines is 2. The molecule has 7 nitrogen and oxygen atoms in total. The normalized spacial score (nSPS) is 14.2. The predicted molar refractivity (Wildman–Crippen MR) is 108 cm³/mol. The summed E-state index contributed by atoms with van der Waals surface area (Å²) in [4.78, 5) is 24.6. The van der Waals surface area contributed by atoms with Gasteiger partial charge in [0.05, 0.1) is 12.6 Å². The van der Waals surface area contributed by atoms with Gasteiger partial charge in [-0.2, -0.15) is 0 Å². The van der Waals surface area contributed by atoms with Crippen LogP contribution in [0, 0.1) is 0 Å². The fourth-order valence-electron chi connectivity index (χ4n) is 3.44. The van der Waals surface area contributed by atoms with E-state index in [1.54, 1.807) is 0 Å². The molecule has 7 heteroatoms. The first-order valence-corrected chi connectivity index (χ1v) is 9.23. The molecule has 0 bridgehead atoms. The molecule has 1 aliphatic rings. The van der Waals surface area contributed by atoms with Crippen molar-refractivity contribution in [2.75, 3.05) is 49.7 Å². The van der Waals surface area contributed by atoms with Crippen molar-refractivity contribution in [3.63, 3.8) is 0 Å². The fourth-order valence-corrected chi connectivity index (χ4v) is 3.44. The molecule has 0 atom stereocenters. The van der Waals surface area contributed by atoms with Gasteiger partial charge in [0.25, 0.3) is 0 Å². The molecule has 0 spiro atoms. The fraction of sp³-hybridized carbons (Fsp3) is 0.286. The first-order chi connectivity index (χ1) is 13.7. The van der Waals surface area contributed by atoms with E-state index in [2.05, 4.69) is 24.5 Å². The summed E-state index contributed by atoms with van der Waals surface area (Å²) in [6.07, 6.45) is 5.49. The highest BCUT2D eigenvalue weighted by Crippen LogP contribution is 2.30. The molecular weight excluding hydrogens is 356 g/mol. The maximum atomic E-state index is 11.3. The Morgan fingerprint density at radius 2 is 1.75 bits per heavy atom. The second-order valence-electron chi connectivity index (χ2n) is 6.55. The number of pyridine rings is 2. The lowest BCUT2D eigenvalue weighted by atomic mass is 10.1. The van der Waals surface area contributed by atoms with Gasteiger partial charge in [-0.15, -0.1) is 0 Å². The van der Waals surface area contributed by atoms with Crippen molar-refractivity contribution >= 4 is 28.2 Å². The van der Waals surface area contributed by atoms with E-state index in [1.165, 1.54) is 12.8 Å². The summed E-state index contributed by atoms with van der Waals surface area (Å²) in [7, 11) is 1.35. The van der Waals surface area contributed by atoms with Crippen LogP contribution in [0.5, 0.6) is 5.75 Å². The Hall–Kier alpha value is -3.35. The molecule has 1 saturated heterocycles. The summed E-state index contributed by atoms with van der Waals surface area (Å²) in [5.41, 5.74) is 3.23. The second kappa shape index (κ2) is 8.12. The monoisotopic (exact) mass is 378 g/mol. The molecule has 1 aliphatic heterocycles. The van der Waals surface area contributed by atoms with Gasteiger partial charge in [-0.3, -0.25) is 9.97 Å². The van der Waals surface area contributed by atoms with Gasteiger partial charge in [-0.05, 0) is 36.4 Å². The SMILES string of the molecule is COC(=O)COc1ccc2nccc(N3CCN(c4ccncc4)CC3)c2c1. The molecule has 0 N–H and O–H groups in total. The van der Waals surface area contributed by atoms with Crippen molar-refractivity contribution in [3.8, 4) is 5.75 Å². The van der Waals surface area contributed by atoms with Gasteiger partial charge in [-0.25, -0.2) is 4.79 Å². The zero-order valence-corrected chi connectivity index (χ0v) is 15.7. The number of carbonyl (C=O) groups is 1. The van der Waals surface area contributed by atoms with Gasteiger partial charge < -0.3 is 19.3 Å². The zero-order chi connectivity index (χ0) is 19.3. The quantitative estimate of drug-likeness (QED) is 0.632. The highest BCUT2D eigenvalue weighted by molar-refractivity contribution is 5.92. The molecule has 0 unspecified atom stereocenters. The standard InChI is InChI=1S/C21H22N4O3/c1-27-21(26)15-28-17-2-3-19-18(14-17)20(6-9-23-19)25-12-10-24(11-13-25)16-4-7-22-8-5-16/h2-9,14H,10-13,15H2,1H3. The molecule has 3 heterocycles. The van der Waals surface area contributed by atoms with Gasteiger partial charge in [0.15, 0.2) is 6.61 Å². The molecule has 0 amide bonds. The number of carbonyl (C=O) groups excluding carboxylic acids is 1. The van der Waals surface area contributed by atoms with Crippen molar-refractivity contribution in [1.82, 2.24) is 9.97 Å². The van der Waals surface area contributed by atoms with E-state index in [-0.39, 0.29) is 6.61 Å². The number of rotatable bonds is 5. The third-order valence-electron chi connectivity index (χ3n) is 4.92. The molecule has 144 valence electrons. The van der Waals surface area contributed by atoms with Crippen LogP contribution in [0.3, 0.4) is 0 Å². The van der Waals surface area contributed by atoms with Crippen LogP contribution in [0.15, 0.2) is 55.0 Å². The Labute approximate surface area is 163 Å². The topological polar surface area (TPSA) is 67.8 Å². The lowest BCUT2D eigenvalue weighted by molar-refractivity contribution is -0.142. The number of fused-ring (bicyclic) bond motifs is 1. The van der Waals surface area contributed by atoms with E-state index < -0.39 is 5.97 Å². The predicted octanol–water partition coefficient (Wildman–Crippen LogP) is 2.51. The van der Waals surface area contributed by atoms with Crippen molar-refractivity contribution in [2.24, 2.45) is 0 Å². The van der Waals surface area contributed by atoms with Gasteiger partial charge in [0, 0.05) is 61.5 Å². The van der Waals surface area contributed by atoms with Gasteiger partial charge in [0.1, 0.15) is 5.75 Å². The molecule has 3 aromatic rings. The molecule has 2 aromatic heterocycles. The van der Waals surface area contributed by atoms with Gasteiger partial charge in [0.2, 0.25) is 0 Å². The van der Waals surface area contributed by atoms with Crippen LogP contribution in [-0.2, 0) is 9.53 Å². The first-order valence-electron chi connectivity index (χ1n) is 9.23. The van der Waals surface area contributed by atoms with E-state index in [0.29, 0.717) is 5.75 Å². The molecule has 0 aliphatic carbocycles. The molecular formula is C21H22N4O3. The van der Waals surface area contributed by atoms with Crippen LogP contribution >= 0.6 is 0 Å². The zero-order valence-electron chi connectivity index (χ0n) is 15.7. The van der Waals surface area contributed by atoms with E-state index in [9.17, 15) is 4.79 Å². The minimum absolute atomic E-state index is 0.109. The van der Waals surface area contributed by atoms with E-state index in [0.717, 1.165) is 42.8 Å². The van der Waals surface area contributed by atoms with Crippen molar-refractivity contribution in [1.29, 1.82) is 0 Å². The Morgan fingerprint density at radius 3 is 2.50 bits per heavy atom. The van der Waals surface area contributed by atoms with E-state index in [4.69, 9.17) is 4.74 Å². The number of ether oxygens (including phenoxy) is 2. The summed E-state index contributed by atoms with van der Waals surface area (Å²) in [5, 5.41) is 1.02. The van der Waals surface area contributed by atoms with Crippen molar-refractivity contribution < 1.29 is 14.3 Å². The number of esters is 1. The van der Waals surface area contributed by atoms with Gasteiger partial charge >= 0.3 is 5.97 Å². The number of nitrogens with zero attached hydrogens (tertiary/aromatic N) is 4. The molecule has 1 aromatic carbocycles. The maximum Gasteiger partial charge on any atom is 0.343 e. The average Bonchev–Trinajstić information content (AvgIpc) is 2.77. The Kier molecular flexibility index (Phi) is 5.23. The summed E-state index contributed by atoms with van der Waals surface area (Å²) in [6.45, 7) is 3.59. The number of hydrogen-bond donors (Lipinski definition) is 0. The summed E-state index contributed by atoms with van der Waals surface area (Å²) in [5.74, 6) is 0.223. The Morgan fingerprint density at radius 1 is 1.00 bits per heavy atom. The highest BCUT2D eigenvalue weighted by Gasteiger charge is 2.19. The number of piperazine rings is 1. The first kappa shape index (κ1) is 18.0. The average molecular weight is 378 g/mol. The van der Waals surface area contributed by atoms with Crippen LogP contribution in [0.2, 0.25) is 0 Å². The highest BCUT2D eigenvalue weighted by atomic mass is 16.6. The number of benzene rings is 1. The van der Waals surface area contributed by atoms with Gasteiger partial charge in [-0.1, -0.05) is 0 Å². The summed E-state index contributed by atoms with van der Waals surface area (Å²) in [6, 6.07) is 11.8. The number of hydrogen-bond acceptors (Lipinski definition) is 7. The molecule has 0 saturated carbocycles.